The molecule has 0 saturated heterocycles. The molecule has 16 heavy (non-hydrogen) atoms. The molecule has 0 aliphatic heterocycles. The van der Waals surface area contributed by atoms with Crippen LogP contribution in [0.1, 0.15) is 25.3 Å². The van der Waals surface area contributed by atoms with Crippen molar-refractivity contribution < 1.29 is 0 Å². The molecule has 4 heteroatoms. The van der Waals surface area contributed by atoms with E-state index in [0.717, 1.165) is 5.69 Å². The molecule has 0 bridgehead atoms. The van der Waals surface area contributed by atoms with E-state index in [4.69, 9.17) is 10.5 Å². The summed E-state index contributed by atoms with van der Waals surface area (Å²) in [5, 5.41) is 20.7. The predicted molar refractivity (Wildman–Crippen MR) is 62.8 cm³/mol. The van der Waals surface area contributed by atoms with Gasteiger partial charge < -0.3 is 0 Å². The number of rotatable bonds is 3. The van der Waals surface area contributed by atoms with Crippen LogP contribution in [0.15, 0.2) is 29.4 Å². The number of nitrogens with zero attached hydrogens (tertiary/aromatic N) is 3. The number of nitriles is 2. The van der Waals surface area contributed by atoms with Gasteiger partial charge in [-0.3, -0.25) is 5.43 Å². The molecule has 80 valence electrons. The van der Waals surface area contributed by atoms with Gasteiger partial charge in [0.1, 0.15) is 12.1 Å². The maximum atomic E-state index is 8.50. The van der Waals surface area contributed by atoms with E-state index >= 15 is 0 Å². The Balaban J connectivity index is 2.84. The van der Waals surface area contributed by atoms with E-state index in [1.807, 2.05) is 24.3 Å². The quantitative estimate of drug-likeness (QED) is 0.618. The minimum atomic E-state index is -0.185. The second-order valence-electron chi connectivity index (χ2n) is 3.58. The Bertz CT molecular complexity index is 459. The lowest BCUT2D eigenvalue weighted by Gasteiger charge is -2.07. The molecule has 0 atom stereocenters. The number of anilines is 1. The van der Waals surface area contributed by atoms with E-state index in [1.165, 1.54) is 5.56 Å². The molecule has 1 N–H and O–H groups in total. The molecule has 1 aromatic rings. The monoisotopic (exact) mass is 212 g/mol. The molecule has 0 aliphatic rings. The lowest BCUT2D eigenvalue weighted by molar-refractivity contribution is 0.867. The van der Waals surface area contributed by atoms with Gasteiger partial charge in [-0.05, 0) is 23.6 Å². The average Bonchev–Trinajstić information content (AvgIpc) is 2.31. The van der Waals surface area contributed by atoms with Crippen LogP contribution in [0.25, 0.3) is 0 Å². The van der Waals surface area contributed by atoms with Crippen molar-refractivity contribution in [3.63, 3.8) is 0 Å². The molecular formula is C12H12N4. The molecule has 1 rings (SSSR count). The van der Waals surface area contributed by atoms with Crippen LogP contribution in [-0.4, -0.2) is 5.71 Å². The first kappa shape index (κ1) is 11.7. The Hall–Kier alpha value is -2.33. The van der Waals surface area contributed by atoms with Crippen LogP contribution in [0.5, 0.6) is 0 Å². The lowest BCUT2D eigenvalue weighted by atomic mass is 10.0. The molecule has 0 fully saturated rings. The zero-order chi connectivity index (χ0) is 12.0. The first-order valence-corrected chi connectivity index (χ1v) is 4.91. The largest absolute Gasteiger partial charge is 0.277 e. The van der Waals surface area contributed by atoms with Crippen LogP contribution in [0.3, 0.4) is 0 Å². The summed E-state index contributed by atoms with van der Waals surface area (Å²) in [5.74, 6) is 0.428. The SMILES string of the molecule is CC(C)c1cccc(NN=C(C#N)C#N)c1. The van der Waals surface area contributed by atoms with E-state index in [9.17, 15) is 0 Å². The first-order valence-electron chi connectivity index (χ1n) is 4.91. The highest BCUT2D eigenvalue weighted by Gasteiger charge is 2.00. The summed E-state index contributed by atoms with van der Waals surface area (Å²) in [6, 6.07) is 11.1. The van der Waals surface area contributed by atoms with Crippen LogP contribution < -0.4 is 5.43 Å². The Morgan fingerprint density at radius 1 is 1.31 bits per heavy atom. The van der Waals surface area contributed by atoms with Gasteiger partial charge in [-0.15, -0.1) is 0 Å². The highest BCUT2D eigenvalue weighted by Crippen LogP contribution is 2.18. The van der Waals surface area contributed by atoms with Crippen molar-refractivity contribution in [2.45, 2.75) is 19.8 Å². The molecular weight excluding hydrogens is 200 g/mol. The highest BCUT2D eigenvalue weighted by molar-refractivity contribution is 6.10. The molecule has 0 radical (unpaired) electrons. The fraction of sp³-hybridized carbons (Fsp3) is 0.250. The van der Waals surface area contributed by atoms with Gasteiger partial charge in [0.2, 0.25) is 5.71 Å². The Morgan fingerprint density at radius 3 is 2.56 bits per heavy atom. The molecule has 0 aromatic heterocycles. The van der Waals surface area contributed by atoms with Gasteiger partial charge >= 0.3 is 0 Å². The highest BCUT2D eigenvalue weighted by atomic mass is 15.3. The van der Waals surface area contributed by atoms with Crippen molar-refractivity contribution in [3.8, 4) is 12.1 Å². The Kier molecular flexibility index (Phi) is 4.06. The molecule has 0 saturated carbocycles. The zero-order valence-corrected chi connectivity index (χ0v) is 9.23. The van der Waals surface area contributed by atoms with E-state index < -0.39 is 0 Å². The fourth-order valence-corrected chi connectivity index (χ4v) is 1.16. The van der Waals surface area contributed by atoms with E-state index in [2.05, 4.69) is 24.4 Å². The number of hydrogen-bond donors (Lipinski definition) is 1. The molecule has 0 aliphatic carbocycles. The van der Waals surface area contributed by atoms with Gasteiger partial charge in [-0.1, -0.05) is 26.0 Å². The summed E-state index contributed by atoms with van der Waals surface area (Å²) in [6.07, 6.45) is 0. The summed E-state index contributed by atoms with van der Waals surface area (Å²) < 4.78 is 0. The third kappa shape index (κ3) is 3.11. The number of hydrogen-bond acceptors (Lipinski definition) is 4. The molecule has 0 heterocycles. The van der Waals surface area contributed by atoms with Crippen molar-refractivity contribution in [3.05, 3.63) is 29.8 Å². The molecule has 0 unspecified atom stereocenters. The first-order chi connectivity index (χ1) is 7.67. The van der Waals surface area contributed by atoms with Crippen LogP contribution in [0.2, 0.25) is 0 Å². The van der Waals surface area contributed by atoms with Gasteiger partial charge in [-0.2, -0.15) is 15.6 Å². The van der Waals surface area contributed by atoms with Crippen molar-refractivity contribution >= 4 is 11.4 Å². The van der Waals surface area contributed by atoms with Gasteiger partial charge in [-0.25, -0.2) is 0 Å². The summed E-state index contributed by atoms with van der Waals surface area (Å²) >= 11 is 0. The summed E-state index contributed by atoms with van der Waals surface area (Å²) in [4.78, 5) is 0. The maximum Gasteiger partial charge on any atom is 0.237 e. The van der Waals surface area contributed by atoms with Gasteiger partial charge in [0, 0.05) is 0 Å². The van der Waals surface area contributed by atoms with E-state index in [0.29, 0.717) is 5.92 Å². The smallest absolute Gasteiger partial charge is 0.237 e. The maximum absolute atomic E-state index is 8.50. The van der Waals surface area contributed by atoms with E-state index in [1.54, 1.807) is 12.1 Å². The molecule has 0 spiro atoms. The van der Waals surface area contributed by atoms with E-state index in [-0.39, 0.29) is 5.71 Å². The second kappa shape index (κ2) is 5.53. The second-order valence-corrected chi connectivity index (χ2v) is 3.58. The normalized spacial score (nSPS) is 9.06. The van der Waals surface area contributed by atoms with Crippen LogP contribution in [0, 0.1) is 22.7 Å². The predicted octanol–water partition coefficient (Wildman–Crippen LogP) is 2.63. The molecule has 1 aromatic carbocycles. The van der Waals surface area contributed by atoms with Crippen molar-refractivity contribution in [2.24, 2.45) is 5.10 Å². The Morgan fingerprint density at radius 2 is 2.00 bits per heavy atom. The van der Waals surface area contributed by atoms with Crippen LogP contribution >= 0.6 is 0 Å². The third-order valence-corrected chi connectivity index (χ3v) is 2.06. The summed E-state index contributed by atoms with van der Waals surface area (Å²) in [5.41, 5.74) is 4.45. The standard InChI is InChI=1S/C12H12N4/c1-9(2)10-4-3-5-11(6-10)15-16-12(7-13)8-14/h3-6,9,15H,1-2H3. The van der Waals surface area contributed by atoms with Crippen LogP contribution in [0.4, 0.5) is 5.69 Å². The summed E-state index contributed by atoms with van der Waals surface area (Å²) in [6.45, 7) is 4.19. The minimum Gasteiger partial charge on any atom is -0.277 e. The summed E-state index contributed by atoms with van der Waals surface area (Å²) in [7, 11) is 0. The fourth-order valence-electron chi connectivity index (χ4n) is 1.16. The van der Waals surface area contributed by atoms with Gasteiger partial charge in [0.15, 0.2) is 0 Å². The zero-order valence-electron chi connectivity index (χ0n) is 9.23. The van der Waals surface area contributed by atoms with Crippen molar-refractivity contribution in [1.82, 2.24) is 0 Å². The number of nitrogens with one attached hydrogen (secondary N) is 1. The molecule has 0 amide bonds. The molecule has 4 nitrogen and oxygen atoms in total. The van der Waals surface area contributed by atoms with Gasteiger partial charge in [0.05, 0.1) is 5.69 Å². The average molecular weight is 212 g/mol. The van der Waals surface area contributed by atoms with Gasteiger partial charge in [0.25, 0.3) is 0 Å². The minimum absolute atomic E-state index is 0.185. The van der Waals surface area contributed by atoms with Crippen molar-refractivity contribution in [1.29, 1.82) is 10.5 Å². The number of benzene rings is 1. The lowest BCUT2D eigenvalue weighted by Crippen LogP contribution is -1.97. The van der Waals surface area contributed by atoms with Crippen LogP contribution in [-0.2, 0) is 0 Å². The topological polar surface area (TPSA) is 72.0 Å². The number of hydrazone groups is 1. The van der Waals surface area contributed by atoms with Crippen molar-refractivity contribution in [2.75, 3.05) is 5.43 Å². The third-order valence-electron chi connectivity index (χ3n) is 2.06. The Labute approximate surface area is 94.8 Å².